The van der Waals surface area contributed by atoms with Crippen LogP contribution in [0.2, 0.25) is 0 Å². The number of carbonyl (C=O) groups excluding carboxylic acids is 4. The number of carbonyl (C=O) groups is 4. The van der Waals surface area contributed by atoms with Gasteiger partial charge in [0.15, 0.2) is 18.4 Å². The van der Waals surface area contributed by atoms with E-state index >= 15 is 0 Å². The average molecular weight is 388 g/mol. The quantitative estimate of drug-likeness (QED) is 0.283. The highest BCUT2D eigenvalue weighted by molar-refractivity contribution is 7.78. The van der Waals surface area contributed by atoms with Crippen LogP contribution in [0, 0.1) is 0 Å². The number of isothiocyanates is 1. The van der Waals surface area contributed by atoms with Crippen LogP contribution < -0.4 is 5.32 Å². The van der Waals surface area contributed by atoms with Gasteiger partial charge in [0.25, 0.3) is 0 Å². The molecule has 1 saturated heterocycles. The Balaban J connectivity index is 3.28. The molecule has 10 nitrogen and oxygen atoms in total. The molecule has 1 fully saturated rings. The first-order valence-electron chi connectivity index (χ1n) is 7.63. The lowest BCUT2D eigenvalue weighted by molar-refractivity contribution is -0.222. The zero-order chi connectivity index (χ0) is 19.9. The van der Waals surface area contributed by atoms with Gasteiger partial charge in [-0.3, -0.25) is 19.2 Å². The molecule has 1 rings (SSSR count). The highest BCUT2D eigenvalue weighted by Crippen LogP contribution is 2.27. The van der Waals surface area contributed by atoms with E-state index in [9.17, 15) is 19.2 Å². The summed E-state index contributed by atoms with van der Waals surface area (Å²) in [6, 6.07) is -0.996. The molecule has 1 amide bonds. The number of aliphatic imine (C=N–C) groups is 1. The van der Waals surface area contributed by atoms with Gasteiger partial charge < -0.3 is 24.3 Å². The molecule has 0 bridgehead atoms. The Kier molecular flexibility index (Phi) is 8.30. The third-order valence-corrected chi connectivity index (χ3v) is 3.38. The van der Waals surface area contributed by atoms with Crippen LogP contribution in [0.3, 0.4) is 0 Å². The summed E-state index contributed by atoms with van der Waals surface area (Å²) in [6.45, 7) is 4.46. The van der Waals surface area contributed by atoms with E-state index in [0.717, 1.165) is 13.8 Å². The molecule has 11 heteroatoms. The number of thiocarbonyl (C=S) groups is 1. The third-order valence-electron chi connectivity index (χ3n) is 3.27. The molecule has 0 unspecified atom stereocenters. The summed E-state index contributed by atoms with van der Waals surface area (Å²) in [5.41, 5.74) is 0. The Morgan fingerprint density at radius 1 is 1.04 bits per heavy atom. The summed E-state index contributed by atoms with van der Waals surface area (Å²) >= 11 is 4.58. The van der Waals surface area contributed by atoms with E-state index in [2.05, 4.69) is 27.7 Å². The maximum Gasteiger partial charge on any atom is 0.303 e. The molecule has 0 aromatic carbocycles. The Bertz CT molecular complexity index is 619. The van der Waals surface area contributed by atoms with E-state index in [1.807, 2.05) is 0 Å². The first kappa shape index (κ1) is 21.7. The number of ether oxygens (including phenoxy) is 4. The molecule has 0 radical (unpaired) electrons. The Hall–Kier alpha value is -2.36. The summed E-state index contributed by atoms with van der Waals surface area (Å²) < 4.78 is 21.1. The van der Waals surface area contributed by atoms with E-state index < -0.39 is 54.4 Å². The van der Waals surface area contributed by atoms with Gasteiger partial charge in [-0.1, -0.05) is 0 Å². The van der Waals surface area contributed by atoms with Crippen molar-refractivity contribution < 1.29 is 38.1 Å². The molecule has 144 valence electrons. The molecule has 0 saturated carbocycles. The van der Waals surface area contributed by atoms with Gasteiger partial charge in [0, 0.05) is 27.7 Å². The molecule has 1 aliphatic heterocycles. The van der Waals surface area contributed by atoms with Gasteiger partial charge in [-0.25, -0.2) is 0 Å². The highest BCUT2D eigenvalue weighted by atomic mass is 32.1. The molecule has 1 heterocycles. The van der Waals surface area contributed by atoms with Crippen molar-refractivity contribution in [1.29, 1.82) is 0 Å². The molecule has 1 aliphatic rings. The third kappa shape index (κ3) is 6.51. The van der Waals surface area contributed by atoms with Crippen molar-refractivity contribution in [2.75, 3.05) is 6.61 Å². The molecular weight excluding hydrogens is 368 g/mol. The zero-order valence-corrected chi connectivity index (χ0v) is 15.5. The number of hydrogen-bond donors (Lipinski definition) is 1. The fourth-order valence-electron chi connectivity index (χ4n) is 2.47. The summed E-state index contributed by atoms with van der Waals surface area (Å²) in [4.78, 5) is 49.5. The topological polar surface area (TPSA) is 130 Å². The summed E-state index contributed by atoms with van der Waals surface area (Å²) in [5, 5.41) is 4.67. The summed E-state index contributed by atoms with van der Waals surface area (Å²) in [7, 11) is 0. The zero-order valence-electron chi connectivity index (χ0n) is 14.7. The molecule has 5 atom stereocenters. The number of amides is 1. The minimum Gasteiger partial charge on any atom is -0.463 e. The van der Waals surface area contributed by atoms with E-state index in [-0.39, 0.29) is 6.61 Å². The Labute approximate surface area is 155 Å². The van der Waals surface area contributed by atoms with Crippen LogP contribution in [0.25, 0.3) is 0 Å². The monoisotopic (exact) mass is 388 g/mol. The number of hydrogen-bond acceptors (Lipinski definition) is 10. The van der Waals surface area contributed by atoms with Gasteiger partial charge in [-0.05, 0) is 12.2 Å². The number of nitrogens with one attached hydrogen (secondary N) is 1. The lowest BCUT2D eigenvalue weighted by Gasteiger charge is -2.43. The van der Waals surface area contributed by atoms with Gasteiger partial charge >= 0.3 is 17.9 Å². The van der Waals surface area contributed by atoms with Crippen LogP contribution in [0.5, 0.6) is 0 Å². The summed E-state index contributed by atoms with van der Waals surface area (Å²) in [6.07, 6.45) is -4.39. The van der Waals surface area contributed by atoms with Crippen LogP contribution in [0.1, 0.15) is 27.7 Å². The second-order valence-electron chi connectivity index (χ2n) is 5.46. The van der Waals surface area contributed by atoms with Gasteiger partial charge in [-0.15, -0.1) is 0 Å². The van der Waals surface area contributed by atoms with E-state index in [1.54, 1.807) is 0 Å². The van der Waals surface area contributed by atoms with Crippen LogP contribution in [0.15, 0.2) is 4.99 Å². The van der Waals surface area contributed by atoms with Crippen molar-refractivity contribution in [2.45, 2.75) is 58.3 Å². The Morgan fingerprint density at radius 3 is 2.08 bits per heavy atom. The van der Waals surface area contributed by atoms with Crippen molar-refractivity contribution >= 4 is 41.2 Å². The van der Waals surface area contributed by atoms with Crippen LogP contribution in [0.4, 0.5) is 0 Å². The van der Waals surface area contributed by atoms with Crippen molar-refractivity contribution in [3.63, 3.8) is 0 Å². The maximum atomic E-state index is 11.5. The molecule has 26 heavy (non-hydrogen) atoms. The fraction of sp³-hybridized carbons (Fsp3) is 0.667. The molecule has 0 aromatic rings. The van der Waals surface area contributed by atoms with Crippen LogP contribution >= 0.6 is 12.2 Å². The second kappa shape index (κ2) is 9.95. The predicted molar refractivity (Wildman–Crippen MR) is 89.0 cm³/mol. The normalized spacial score (nSPS) is 27.5. The molecule has 0 aliphatic carbocycles. The van der Waals surface area contributed by atoms with Crippen molar-refractivity contribution in [2.24, 2.45) is 4.99 Å². The molecule has 0 spiro atoms. The lowest BCUT2D eigenvalue weighted by atomic mass is 9.95. The minimum absolute atomic E-state index is 0.290. The van der Waals surface area contributed by atoms with Gasteiger partial charge in [0.2, 0.25) is 5.91 Å². The van der Waals surface area contributed by atoms with Gasteiger partial charge in [0.05, 0.1) is 5.16 Å². The van der Waals surface area contributed by atoms with Crippen LogP contribution in [-0.4, -0.2) is 66.2 Å². The lowest BCUT2D eigenvalue weighted by Crippen LogP contribution is -2.65. The number of esters is 3. The van der Waals surface area contributed by atoms with E-state index in [1.165, 1.54) is 13.8 Å². The molecule has 0 aromatic heterocycles. The number of nitrogens with zero attached hydrogens (tertiary/aromatic N) is 1. The predicted octanol–water partition coefficient (Wildman–Crippen LogP) is -0.255. The molecular formula is C15H20N2O8S. The van der Waals surface area contributed by atoms with Crippen LogP contribution in [-0.2, 0) is 38.1 Å². The average Bonchev–Trinajstić information content (AvgIpc) is 2.50. The smallest absolute Gasteiger partial charge is 0.303 e. The summed E-state index contributed by atoms with van der Waals surface area (Å²) in [5.74, 6) is -2.40. The minimum atomic E-state index is -1.15. The first-order valence-corrected chi connectivity index (χ1v) is 8.03. The van der Waals surface area contributed by atoms with E-state index in [0.29, 0.717) is 0 Å². The van der Waals surface area contributed by atoms with Gasteiger partial charge in [0.1, 0.15) is 18.8 Å². The number of rotatable bonds is 6. The largest absolute Gasteiger partial charge is 0.463 e. The molecule has 1 N–H and O–H groups in total. The second-order valence-corrected chi connectivity index (χ2v) is 5.65. The van der Waals surface area contributed by atoms with Crippen molar-refractivity contribution in [1.82, 2.24) is 5.32 Å². The standard InChI is InChI=1S/C15H20N2O8S/c1-7(18)17-12-14(24-10(4)21)13(23-9(3)20)11(5-22-8(2)19)25-15(12)16-6-26/h11-15H,5H2,1-4H3,(H,17,18)/t11-,12-,13+,14+,15+/m0/s1. The SMILES string of the molecule is CC(=O)N[C@H]1[C@@H](OC(C)=O)[C@H](OC(C)=O)[C@H](COC(C)=O)O[C@H]1N=C=S. The first-order chi connectivity index (χ1) is 12.1. The van der Waals surface area contributed by atoms with Gasteiger partial charge in [-0.2, -0.15) is 4.99 Å². The van der Waals surface area contributed by atoms with Crippen molar-refractivity contribution in [3.8, 4) is 0 Å². The fourth-order valence-corrected chi connectivity index (χ4v) is 2.57. The maximum absolute atomic E-state index is 11.5. The highest BCUT2D eigenvalue weighted by Gasteiger charge is 2.50. The Morgan fingerprint density at radius 2 is 1.62 bits per heavy atom. The van der Waals surface area contributed by atoms with E-state index in [4.69, 9.17) is 18.9 Å². The van der Waals surface area contributed by atoms with Crippen molar-refractivity contribution in [3.05, 3.63) is 0 Å².